The van der Waals surface area contributed by atoms with Crippen LogP contribution in [0.15, 0.2) is 33.9 Å². The average Bonchev–Trinajstić information content (AvgIpc) is 3.15. The number of aliphatic carboxylic acids is 1. The molecule has 0 atom stereocenters. The van der Waals surface area contributed by atoms with Crippen LogP contribution in [0.3, 0.4) is 0 Å². The molecule has 1 aliphatic rings. The van der Waals surface area contributed by atoms with E-state index in [1.807, 2.05) is 4.72 Å². The lowest BCUT2D eigenvalue weighted by atomic mass is 9.95. The van der Waals surface area contributed by atoms with Crippen LogP contribution in [0.1, 0.15) is 30.4 Å². The van der Waals surface area contributed by atoms with Crippen LogP contribution in [0.5, 0.6) is 0 Å². The lowest BCUT2D eigenvalue weighted by molar-refractivity contribution is -0.140. The minimum absolute atomic E-state index is 0.0215. The normalized spacial score (nSPS) is 16.0. The summed E-state index contributed by atoms with van der Waals surface area (Å²) in [6.07, 6.45) is -2.35. The fourth-order valence-electron chi connectivity index (χ4n) is 2.57. The number of thiophene rings is 1. The van der Waals surface area contributed by atoms with E-state index in [1.54, 1.807) is 0 Å². The first-order valence-corrected chi connectivity index (χ1v) is 9.50. The Balaban J connectivity index is 1.90. The summed E-state index contributed by atoms with van der Waals surface area (Å²) >= 11 is 0.814. The van der Waals surface area contributed by atoms with Crippen LogP contribution >= 0.6 is 11.3 Å². The Kier molecular flexibility index (Phi) is 4.28. The Morgan fingerprint density at radius 3 is 2.48 bits per heavy atom. The minimum atomic E-state index is -4.31. The second-order valence-electron chi connectivity index (χ2n) is 5.68. The summed E-state index contributed by atoms with van der Waals surface area (Å²) in [5, 5.41) is 11.3. The van der Waals surface area contributed by atoms with E-state index in [0.29, 0.717) is 12.8 Å². The van der Waals surface area contributed by atoms with Crippen molar-refractivity contribution in [2.75, 3.05) is 4.72 Å². The maximum Gasteiger partial charge on any atom is 0.314 e. The third-order valence-electron chi connectivity index (χ3n) is 4.08. The number of sulfonamides is 1. The van der Waals surface area contributed by atoms with Crippen molar-refractivity contribution in [1.82, 2.24) is 0 Å². The Morgan fingerprint density at radius 1 is 1.28 bits per heavy atom. The average molecular weight is 391 g/mol. The fraction of sp³-hybridized carbons (Fsp3) is 0.267. The Bertz CT molecular complexity index is 936. The van der Waals surface area contributed by atoms with E-state index in [9.17, 15) is 31.5 Å². The molecular formula is C15H12F3NO4S2. The van der Waals surface area contributed by atoms with Crippen LogP contribution in [0, 0.1) is 5.82 Å². The molecule has 1 aliphatic carbocycles. The number of rotatable bonds is 6. The number of carboxylic acids is 1. The highest BCUT2D eigenvalue weighted by Crippen LogP contribution is 2.49. The molecule has 0 unspecified atom stereocenters. The number of nitrogens with one attached hydrogen (secondary N) is 1. The van der Waals surface area contributed by atoms with Crippen LogP contribution in [0.4, 0.5) is 18.9 Å². The second-order valence-corrected chi connectivity index (χ2v) is 8.07. The Morgan fingerprint density at radius 2 is 1.96 bits per heavy atom. The molecule has 1 aromatic heterocycles. The monoisotopic (exact) mass is 391 g/mol. The third kappa shape index (κ3) is 3.11. The predicted octanol–water partition coefficient (Wildman–Crippen LogP) is 3.74. The van der Waals surface area contributed by atoms with Gasteiger partial charge in [0.15, 0.2) is 0 Å². The first-order chi connectivity index (χ1) is 11.7. The van der Waals surface area contributed by atoms with Crippen LogP contribution < -0.4 is 4.72 Å². The predicted molar refractivity (Wildman–Crippen MR) is 85.0 cm³/mol. The minimum Gasteiger partial charge on any atom is -0.481 e. The fourth-order valence-corrected chi connectivity index (χ4v) is 5.03. The van der Waals surface area contributed by atoms with E-state index in [4.69, 9.17) is 0 Å². The molecule has 0 spiro atoms. The molecule has 5 nitrogen and oxygen atoms in total. The summed E-state index contributed by atoms with van der Waals surface area (Å²) < 4.78 is 66.5. The number of carboxylic acid groups (broad SMARTS) is 1. The van der Waals surface area contributed by atoms with Crippen LogP contribution in [0.25, 0.3) is 0 Å². The topological polar surface area (TPSA) is 83.5 Å². The molecule has 0 bridgehead atoms. The van der Waals surface area contributed by atoms with Gasteiger partial charge in [0.25, 0.3) is 16.4 Å². The van der Waals surface area contributed by atoms with Crippen molar-refractivity contribution in [2.45, 2.75) is 29.6 Å². The van der Waals surface area contributed by atoms with Gasteiger partial charge in [0.2, 0.25) is 0 Å². The van der Waals surface area contributed by atoms with Gasteiger partial charge in [-0.15, -0.1) is 0 Å². The van der Waals surface area contributed by atoms with Gasteiger partial charge in [-0.25, -0.2) is 21.6 Å². The summed E-state index contributed by atoms with van der Waals surface area (Å²) in [5.41, 5.74) is -2.09. The molecule has 3 rings (SSSR count). The van der Waals surface area contributed by atoms with Crippen molar-refractivity contribution >= 4 is 33.0 Å². The molecule has 10 heteroatoms. The van der Waals surface area contributed by atoms with Gasteiger partial charge >= 0.3 is 5.97 Å². The largest absolute Gasteiger partial charge is 0.481 e. The maximum atomic E-state index is 14.3. The summed E-state index contributed by atoms with van der Waals surface area (Å²) in [6, 6.07) is 3.27. The number of anilines is 1. The zero-order chi connectivity index (χ0) is 18.4. The highest BCUT2D eigenvalue weighted by Gasteiger charge is 2.53. The summed E-state index contributed by atoms with van der Waals surface area (Å²) in [6.45, 7) is 0. The molecule has 1 fully saturated rings. The highest BCUT2D eigenvalue weighted by molar-refractivity contribution is 7.92. The zero-order valence-corrected chi connectivity index (χ0v) is 14.1. The number of halogens is 3. The molecule has 1 saturated carbocycles. The summed E-state index contributed by atoms with van der Waals surface area (Å²) in [7, 11) is -4.31. The molecule has 0 radical (unpaired) electrons. The molecule has 1 aromatic carbocycles. The number of carbonyl (C=O) groups is 1. The molecule has 0 amide bonds. The number of hydrogen-bond donors (Lipinski definition) is 2. The van der Waals surface area contributed by atoms with Gasteiger partial charge in [-0.1, -0.05) is 6.07 Å². The SMILES string of the molecule is O=C(O)C1(c2ccc(NS(=O)(=O)c3cscc3C(F)F)cc2F)CC1. The smallest absolute Gasteiger partial charge is 0.314 e. The standard InChI is InChI=1S/C15H12F3NO4S2/c16-11-5-8(1-2-10(11)15(3-4-15)14(20)21)19-25(22,23)12-7-24-6-9(12)13(17)18/h1-2,5-7,13,19H,3-4H2,(H,20,21). The van der Waals surface area contributed by atoms with E-state index in [0.717, 1.165) is 28.2 Å². The van der Waals surface area contributed by atoms with Gasteiger partial charge in [-0.05, 0) is 25.0 Å². The molecule has 2 N–H and O–H groups in total. The van der Waals surface area contributed by atoms with E-state index < -0.39 is 44.1 Å². The van der Waals surface area contributed by atoms with Crippen molar-refractivity contribution in [1.29, 1.82) is 0 Å². The molecular weight excluding hydrogens is 379 g/mol. The summed E-state index contributed by atoms with van der Waals surface area (Å²) in [5.74, 6) is -2.00. The van der Waals surface area contributed by atoms with Crippen LogP contribution in [-0.2, 0) is 20.2 Å². The first kappa shape index (κ1) is 17.7. The third-order valence-corrected chi connectivity index (χ3v) is 6.42. The maximum absolute atomic E-state index is 14.3. The zero-order valence-electron chi connectivity index (χ0n) is 12.5. The highest BCUT2D eigenvalue weighted by atomic mass is 32.2. The van der Waals surface area contributed by atoms with E-state index in [1.165, 1.54) is 12.1 Å². The van der Waals surface area contributed by atoms with E-state index in [-0.39, 0.29) is 11.3 Å². The Hall–Kier alpha value is -2.07. The molecule has 0 aliphatic heterocycles. The number of benzene rings is 1. The summed E-state index contributed by atoms with van der Waals surface area (Å²) in [4.78, 5) is 10.7. The molecule has 2 aromatic rings. The van der Waals surface area contributed by atoms with E-state index in [2.05, 4.69) is 0 Å². The van der Waals surface area contributed by atoms with Gasteiger partial charge in [0, 0.05) is 21.9 Å². The lowest BCUT2D eigenvalue weighted by Crippen LogP contribution is -2.21. The van der Waals surface area contributed by atoms with Crippen molar-refractivity contribution in [3.05, 3.63) is 45.9 Å². The van der Waals surface area contributed by atoms with Gasteiger partial charge in [-0.3, -0.25) is 9.52 Å². The van der Waals surface area contributed by atoms with Crippen molar-refractivity contribution in [3.8, 4) is 0 Å². The molecule has 25 heavy (non-hydrogen) atoms. The van der Waals surface area contributed by atoms with Crippen LogP contribution in [-0.4, -0.2) is 19.5 Å². The van der Waals surface area contributed by atoms with Crippen LogP contribution in [0.2, 0.25) is 0 Å². The van der Waals surface area contributed by atoms with Gasteiger partial charge in [0.1, 0.15) is 10.7 Å². The van der Waals surface area contributed by atoms with Crippen molar-refractivity contribution in [2.24, 2.45) is 0 Å². The van der Waals surface area contributed by atoms with Crippen molar-refractivity contribution < 1.29 is 31.5 Å². The number of alkyl halides is 2. The first-order valence-electron chi connectivity index (χ1n) is 7.08. The second kappa shape index (κ2) is 6.03. The van der Waals surface area contributed by atoms with Gasteiger partial charge in [0.05, 0.1) is 11.1 Å². The van der Waals surface area contributed by atoms with E-state index >= 15 is 0 Å². The molecule has 1 heterocycles. The quantitative estimate of drug-likeness (QED) is 0.786. The van der Waals surface area contributed by atoms with Gasteiger partial charge in [-0.2, -0.15) is 11.3 Å². The number of hydrogen-bond acceptors (Lipinski definition) is 4. The Labute approximate surface area is 145 Å². The van der Waals surface area contributed by atoms with Gasteiger partial charge < -0.3 is 5.11 Å². The molecule has 0 saturated heterocycles. The van der Waals surface area contributed by atoms with Crippen molar-refractivity contribution in [3.63, 3.8) is 0 Å². The molecule has 134 valence electrons. The lowest BCUT2D eigenvalue weighted by Gasteiger charge is -2.14.